The van der Waals surface area contributed by atoms with Crippen LogP contribution in [0.15, 0.2) is 35.6 Å². The van der Waals surface area contributed by atoms with Gasteiger partial charge in [0.15, 0.2) is 0 Å². The van der Waals surface area contributed by atoms with Crippen molar-refractivity contribution in [1.82, 2.24) is 15.3 Å². The molecule has 1 aromatic heterocycles. The summed E-state index contributed by atoms with van der Waals surface area (Å²) < 4.78 is 0. The lowest BCUT2D eigenvalue weighted by Crippen LogP contribution is -2.41. The van der Waals surface area contributed by atoms with E-state index in [1.165, 1.54) is 17.3 Å². The Morgan fingerprint density at radius 2 is 1.94 bits per heavy atom. The Morgan fingerprint density at radius 3 is 2.65 bits per heavy atom. The Hall–Kier alpha value is -2.61. The van der Waals surface area contributed by atoms with E-state index >= 15 is 0 Å². The zero-order chi connectivity index (χ0) is 22.2. The first-order chi connectivity index (χ1) is 15.0. The number of hydrogen-bond acceptors (Lipinski definition) is 6. The number of amides is 2. The summed E-state index contributed by atoms with van der Waals surface area (Å²) in [4.78, 5) is 35.4. The van der Waals surface area contributed by atoms with Crippen LogP contribution in [-0.4, -0.2) is 47.2 Å². The molecule has 3 rings (SSSR count). The third-order valence-electron chi connectivity index (χ3n) is 5.37. The van der Waals surface area contributed by atoms with Gasteiger partial charge in [-0.1, -0.05) is 36.4 Å². The topological polar surface area (TPSA) is 87.2 Å². The number of thioether (sulfide) groups is 1. The molecule has 1 aliphatic rings. The number of benzene rings is 1. The van der Waals surface area contributed by atoms with Crippen LogP contribution in [0.4, 0.5) is 11.5 Å². The van der Waals surface area contributed by atoms with Crippen LogP contribution < -0.4 is 15.5 Å². The first kappa shape index (κ1) is 23.1. The Morgan fingerprint density at radius 1 is 1.16 bits per heavy atom. The molecule has 2 heterocycles. The van der Waals surface area contributed by atoms with Gasteiger partial charge in [0.2, 0.25) is 11.8 Å². The first-order valence-corrected chi connectivity index (χ1v) is 11.8. The molecule has 0 unspecified atom stereocenters. The summed E-state index contributed by atoms with van der Waals surface area (Å²) in [5.74, 6) is 1.31. The maximum absolute atomic E-state index is 12.4. The van der Waals surface area contributed by atoms with Crippen LogP contribution in [0.25, 0.3) is 0 Å². The van der Waals surface area contributed by atoms with Crippen molar-refractivity contribution in [3.8, 4) is 0 Å². The molecule has 7 nitrogen and oxygen atoms in total. The molecule has 2 amide bonds. The normalized spacial score (nSPS) is 14.4. The molecule has 2 N–H and O–H groups in total. The lowest BCUT2D eigenvalue weighted by molar-refractivity contribution is -0.125. The molecule has 0 spiro atoms. The summed E-state index contributed by atoms with van der Waals surface area (Å²) in [5.41, 5.74) is 3.06. The monoisotopic (exact) mass is 441 g/mol. The zero-order valence-corrected chi connectivity index (χ0v) is 19.3. The Kier molecular flexibility index (Phi) is 8.28. The number of hydrogen-bond donors (Lipinski definition) is 2. The van der Waals surface area contributed by atoms with E-state index in [9.17, 15) is 9.59 Å². The Balaban J connectivity index is 1.50. The molecule has 1 saturated heterocycles. The van der Waals surface area contributed by atoms with E-state index in [0.29, 0.717) is 0 Å². The fourth-order valence-electron chi connectivity index (χ4n) is 3.62. The Labute approximate surface area is 188 Å². The first-order valence-electron chi connectivity index (χ1n) is 10.8. The minimum absolute atomic E-state index is 0.0592. The van der Waals surface area contributed by atoms with Crippen molar-refractivity contribution in [1.29, 1.82) is 0 Å². The van der Waals surface area contributed by atoms with Crippen molar-refractivity contribution in [2.75, 3.05) is 35.6 Å². The minimum atomic E-state index is -0.0592. The molecule has 0 bridgehead atoms. The van der Waals surface area contributed by atoms with Gasteiger partial charge in [-0.3, -0.25) is 9.59 Å². The quantitative estimate of drug-likeness (QED) is 0.481. The highest BCUT2D eigenvalue weighted by atomic mass is 32.2. The molecule has 0 saturated carbocycles. The molecule has 1 fully saturated rings. The fourth-order valence-corrected chi connectivity index (χ4v) is 4.29. The van der Waals surface area contributed by atoms with Gasteiger partial charge in [0, 0.05) is 37.3 Å². The molecule has 166 valence electrons. The van der Waals surface area contributed by atoms with Crippen LogP contribution in [0.5, 0.6) is 0 Å². The van der Waals surface area contributed by atoms with Crippen molar-refractivity contribution >= 4 is 35.1 Å². The molecule has 0 atom stereocenters. The van der Waals surface area contributed by atoms with Gasteiger partial charge in [0.25, 0.3) is 0 Å². The lowest BCUT2D eigenvalue weighted by atomic mass is 9.96. The van der Waals surface area contributed by atoms with Crippen LogP contribution in [0.2, 0.25) is 0 Å². The van der Waals surface area contributed by atoms with Gasteiger partial charge in [0.1, 0.15) is 17.2 Å². The highest BCUT2D eigenvalue weighted by Gasteiger charge is 2.25. The number of carbonyl (C=O) groups excluding carboxylic acids is 2. The summed E-state index contributed by atoms with van der Waals surface area (Å²) in [6, 6.07) is 7.90. The summed E-state index contributed by atoms with van der Waals surface area (Å²) in [6.45, 7) is 8.40. The standard InChI is InChI=1S/C23H31N5O2S/c1-4-9-24-23(30)18-7-10-28(11-8-18)20-13-22(26-15-25-20)31-14-21(29)27-19-6-5-16(2)12-17(19)3/h5-6,12-13,15,18H,4,7-11,14H2,1-3H3,(H,24,30)(H,27,29). The second-order valence-corrected chi connectivity index (χ2v) is 8.92. The van der Waals surface area contributed by atoms with Crippen molar-refractivity contribution in [2.45, 2.75) is 45.1 Å². The predicted molar refractivity (Wildman–Crippen MR) is 126 cm³/mol. The summed E-state index contributed by atoms with van der Waals surface area (Å²) in [6.07, 6.45) is 4.13. The van der Waals surface area contributed by atoms with Crippen molar-refractivity contribution < 1.29 is 9.59 Å². The molecule has 8 heteroatoms. The second-order valence-electron chi connectivity index (χ2n) is 7.92. The molecule has 0 radical (unpaired) electrons. The van der Waals surface area contributed by atoms with Crippen LogP contribution in [-0.2, 0) is 9.59 Å². The summed E-state index contributed by atoms with van der Waals surface area (Å²) in [7, 11) is 0. The van der Waals surface area contributed by atoms with E-state index in [4.69, 9.17) is 0 Å². The summed E-state index contributed by atoms with van der Waals surface area (Å²) >= 11 is 1.40. The van der Waals surface area contributed by atoms with E-state index in [1.807, 2.05) is 32.0 Å². The number of nitrogens with one attached hydrogen (secondary N) is 2. The predicted octanol–water partition coefficient (Wildman–Crippen LogP) is 3.57. The highest BCUT2D eigenvalue weighted by molar-refractivity contribution is 7.99. The second kappa shape index (κ2) is 11.1. The number of nitrogens with zero attached hydrogens (tertiary/aromatic N) is 3. The molecule has 1 aromatic carbocycles. The van der Waals surface area contributed by atoms with Crippen LogP contribution in [0.3, 0.4) is 0 Å². The molecule has 31 heavy (non-hydrogen) atoms. The van der Waals surface area contributed by atoms with Gasteiger partial charge in [-0.25, -0.2) is 9.97 Å². The van der Waals surface area contributed by atoms with Crippen LogP contribution >= 0.6 is 11.8 Å². The number of aryl methyl sites for hydroxylation is 2. The van der Waals surface area contributed by atoms with E-state index < -0.39 is 0 Å². The average molecular weight is 442 g/mol. The summed E-state index contributed by atoms with van der Waals surface area (Å²) in [5, 5.41) is 6.72. The van der Waals surface area contributed by atoms with E-state index in [-0.39, 0.29) is 23.5 Å². The van der Waals surface area contributed by atoms with Gasteiger partial charge in [-0.2, -0.15) is 0 Å². The van der Waals surface area contributed by atoms with Crippen molar-refractivity contribution in [3.63, 3.8) is 0 Å². The van der Waals surface area contributed by atoms with Crippen LogP contribution in [0.1, 0.15) is 37.3 Å². The smallest absolute Gasteiger partial charge is 0.234 e. The van der Waals surface area contributed by atoms with Crippen molar-refractivity contribution in [3.05, 3.63) is 41.7 Å². The molecule has 2 aromatic rings. The largest absolute Gasteiger partial charge is 0.356 e. The maximum atomic E-state index is 12.4. The van der Waals surface area contributed by atoms with E-state index in [0.717, 1.165) is 61.0 Å². The van der Waals surface area contributed by atoms with Crippen LogP contribution in [0, 0.1) is 19.8 Å². The number of anilines is 2. The van der Waals surface area contributed by atoms with Gasteiger partial charge >= 0.3 is 0 Å². The fraction of sp³-hybridized carbons (Fsp3) is 0.478. The van der Waals surface area contributed by atoms with Crippen molar-refractivity contribution in [2.24, 2.45) is 5.92 Å². The molecule has 0 aliphatic carbocycles. The molecular weight excluding hydrogens is 410 g/mol. The third kappa shape index (κ3) is 6.69. The van der Waals surface area contributed by atoms with Gasteiger partial charge in [-0.15, -0.1) is 0 Å². The zero-order valence-electron chi connectivity index (χ0n) is 18.5. The SMILES string of the molecule is CCCNC(=O)C1CCN(c2cc(SCC(=O)Nc3ccc(C)cc3C)ncn2)CC1. The van der Waals surface area contributed by atoms with Gasteiger partial charge in [-0.05, 0) is 44.7 Å². The number of rotatable bonds is 8. The van der Waals surface area contributed by atoms with E-state index in [1.54, 1.807) is 6.33 Å². The maximum Gasteiger partial charge on any atom is 0.234 e. The number of carbonyl (C=O) groups is 2. The average Bonchev–Trinajstić information content (AvgIpc) is 2.78. The van der Waals surface area contributed by atoms with Gasteiger partial charge < -0.3 is 15.5 Å². The highest BCUT2D eigenvalue weighted by Crippen LogP contribution is 2.25. The minimum Gasteiger partial charge on any atom is -0.356 e. The van der Waals surface area contributed by atoms with E-state index in [2.05, 4.69) is 38.5 Å². The number of aromatic nitrogens is 2. The van der Waals surface area contributed by atoms with Gasteiger partial charge in [0.05, 0.1) is 5.75 Å². The third-order valence-corrected chi connectivity index (χ3v) is 6.30. The number of piperidine rings is 1. The Bertz CT molecular complexity index is 913. The molecule has 1 aliphatic heterocycles. The molecular formula is C23H31N5O2S. The lowest BCUT2D eigenvalue weighted by Gasteiger charge is -2.32.